The molecule has 3 rings (SSSR count). The van der Waals surface area contributed by atoms with Crippen molar-refractivity contribution in [1.29, 1.82) is 0 Å². The summed E-state index contributed by atoms with van der Waals surface area (Å²) in [5.74, 6) is 0.352. The van der Waals surface area contributed by atoms with Crippen LogP contribution < -0.4 is 0 Å². The number of hydrogen-bond acceptors (Lipinski definition) is 2. The average molecular weight is 314 g/mol. The molecule has 1 aromatic carbocycles. The minimum atomic E-state index is -0.161. The third kappa shape index (κ3) is 3.17. The van der Waals surface area contributed by atoms with Gasteiger partial charge in [0.05, 0.1) is 6.10 Å². The Morgan fingerprint density at radius 1 is 1.22 bits per heavy atom. The van der Waals surface area contributed by atoms with Crippen LogP contribution in [0.4, 0.5) is 0 Å². The van der Waals surface area contributed by atoms with Crippen molar-refractivity contribution in [2.75, 3.05) is 19.6 Å². The molecule has 3 heteroatoms. The van der Waals surface area contributed by atoms with Gasteiger partial charge in [0.1, 0.15) is 0 Å². The van der Waals surface area contributed by atoms with E-state index < -0.39 is 0 Å². The van der Waals surface area contributed by atoms with Crippen molar-refractivity contribution < 1.29 is 5.11 Å². The summed E-state index contributed by atoms with van der Waals surface area (Å²) in [6, 6.07) is 8.71. The summed E-state index contributed by atoms with van der Waals surface area (Å²) in [6.45, 7) is 10.9. The normalized spacial score (nSPS) is 22.8. The largest absolute Gasteiger partial charge is 0.393 e. The SMILES string of the molecule is CCCN1CCC(O)C(Cc2c(C)n(CC)c3ccccc23)C1. The van der Waals surface area contributed by atoms with Crippen LogP contribution in [-0.2, 0) is 13.0 Å². The van der Waals surface area contributed by atoms with Crippen LogP contribution in [0.1, 0.15) is 37.9 Å². The molecule has 1 fully saturated rings. The standard InChI is InChI=1S/C20H30N2O/c1-4-11-21-12-10-20(23)16(14-21)13-18-15(3)22(5-2)19-9-7-6-8-17(18)19/h6-9,16,20,23H,4-5,10-14H2,1-3H3. The average Bonchev–Trinajstić information content (AvgIpc) is 2.82. The van der Waals surface area contributed by atoms with Gasteiger partial charge >= 0.3 is 0 Å². The Balaban J connectivity index is 1.90. The van der Waals surface area contributed by atoms with Crippen molar-refractivity contribution in [1.82, 2.24) is 9.47 Å². The molecule has 0 spiro atoms. The molecule has 126 valence electrons. The molecule has 0 amide bonds. The lowest BCUT2D eigenvalue weighted by molar-refractivity contribution is 0.0271. The third-order valence-corrected chi connectivity index (χ3v) is 5.46. The van der Waals surface area contributed by atoms with Crippen LogP contribution in [0.2, 0.25) is 0 Å². The van der Waals surface area contributed by atoms with Gasteiger partial charge < -0.3 is 14.6 Å². The highest BCUT2D eigenvalue weighted by molar-refractivity contribution is 5.85. The van der Waals surface area contributed by atoms with Crippen LogP contribution in [0, 0.1) is 12.8 Å². The fourth-order valence-electron chi connectivity index (χ4n) is 4.25. The van der Waals surface area contributed by atoms with Crippen LogP contribution in [0.25, 0.3) is 10.9 Å². The van der Waals surface area contributed by atoms with E-state index in [4.69, 9.17) is 0 Å². The lowest BCUT2D eigenvalue weighted by Crippen LogP contribution is -2.44. The van der Waals surface area contributed by atoms with Crippen LogP contribution in [0.15, 0.2) is 24.3 Å². The van der Waals surface area contributed by atoms with Crippen LogP contribution >= 0.6 is 0 Å². The summed E-state index contributed by atoms with van der Waals surface area (Å²) < 4.78 is 2.41. The van der Waals surface area contributed by atoms with E-state index in [1.165, 1.54) is 28.6 Å². The lowest BCUT2D eigenvalue weighted by atomic mass is 9.87. The number of likely N-dealkylation sites (tertiary alicyclic amines) is 1. The van der Waals surface area contributed by atoms with Gasteiger partial charge in [0.2, 0.25) is 0 Å². The maximum atomic E-state index is 10.5. The van der Waals surface area contributed by atoms with Gasteiger partial charge in [0.15, 0.2) is 0 Å². The first-order chi connectivity index (χ1) is 11.2. The number of fused-ring (bicyclic) bond motifs is 1. The second-order valence-electron chi connectivity index (χ2n) is 6.95. The molecule has 1 aromatic heterocycles. The number of aliphatic hydroxyl groups excluding tert-OH is 1. The zero-order valence-corrected chi connectivity index (χ0v) is 14.8. The highest BCUT2D eigenvalue weighted by Crippen LogP contribution is 2.30. The Bertz CT molecular complexity index is 661. The summed E-state index contributed by atoms with van der Waals surface area (Å²) in [6.07, 6.45) is 2.93. The van der Waals surface area contributed by atoms with E-state index in [1.807, 2.05) is 0 Å². The number of rotatable bonds is 5. The molecular weight excluding hydrogens is 284 g/mol. The quantitative estimate of drug-likeness (QED) is 0.913. The molecule has 1 aliphatic heterocycles. The summed E-state index contributed by atoms with van der Waals surface area (Å²) in [5, 5.41) is 11.9. The van der Waals surface area contributed by atoms with Crippen molar-refractivity contribution >= 4 is 10.9 Å². The maximum Gasteiger partial charge on any atom is 0.0596 e. The minimum absolute atomic E-state index is 0.161. The number of hydrogen-bond donors (Lipinski definition) is 1. The van der Waals surface area contributed by atoms with Gasteiger partial charge in [-0.3, -0.25) is 0 Å². The molecule has 2 unspecified atom stereocenters. The molecule has 0 saturated carbocycles. The summed E-state index contributed by atoms with van der Waals surface area (Å²) in [4.78, 5) is 2.52. The van der Waals surface area contributed by atoms with Crippen molar-refractivity contribution in [3.05, 3.63) is 35.5 Å². The van der Waals surface area contributed by atoms with Gasteiger partial charge in [-0.15, -0.1) is 0 Å². The molecule has 3 nitrogen and oxygen atoms in total. The zero-order valence-electron chi connectivity index (χ0n) is 14.8. The highest BCUT2D eigenvalue weighted by atomic mass is 16.3. The molecule has 1 saturated heterocycles. The van der Waals surface area contributed by atoms with E-state index in [1.54, 1.807) is 0 Å². The number of benzene rings is 1. The predicted molar refractivity (Wildman–Crippen MR) is 96.9 cm³/mol. The van der Waals surface area contributed by atoms with E-state index in [9.17, 15) is 5.11 Å². The van der Waals surface area contributed by atoms with E-state index in [2.05, 4.69) is 54.5 Å². The first kappa shape index (κ1) is 16.5. The number of nitrogens with zero attached hydrogens (tertiary/aromatic N) is 2. The van der Waals surface area contributed by atoms with E-state index in [0.29, 0.717) is 5.92 Å². The maximum absolute atomic E-state index is 10.5. The van der Waals surface area contributed by atoms with Crippen LogP contribution in [0.3, 0.4) is 0 Å². The fourth-order valence-corrected chi connectivity index (χ4v) is 4.25. The molecule has 23 heavy (non-hydrogen) atoms. The molecule has 2 heterocycles. The molecule has 2 atom stereocenters. The topological polar surface area (TPSA) is 28.4 Å². The minimum Gasteiger partial charge on any atom is -0.393 e. The Morgan fingerprint density at radius 2 is 2.00 bits per heavy atom. The van der Waals surface area contributed by atoms with E-state index >= 15 is 0 Å². The first-order valence-corrected chi connectivity index (χ1v) is 9.12. The third-order valence-electron chi connectivity index (χ3n) is 5.46. The Morgan fingerprint density at radius 3 is 2.74 bits per heavy atom. The zero-order chi connectivity index (χ0) is 16.4. The number of piperidine rings is 1. The predicted octanol–water partition coefficient (Wildman–Crippen LogP) is 3.60. The van der Waals surface area contributed by atoms with E-state index in [0.717, 1.165) is 39.0 Å². The number of para-hydroxylation sites is 1. The Hall–Kier alpha value is -1.32. The van der Waals surface area contributed by atoms with Crippen LogP contribution in [0.5, 0.6) is 0 Å². The summed E-state index contributed by atoms with van der Waals surface area (Å²) in [5.41, 5.74) is 4.14. The molecular formula is C20H30N2O. The molecule has 2 aromatic rings. The monoisotopic (exact) mass is 314 g/mol. The molecule has 1 N–H and O–H groups in total. The summed E-state index contributed by atoms with van der Waals surface area (Å²) in [7, 11) is 0. The van der Waals surface area contributed by atoms with Gasteiger partial charge in [0.25, 0.3) is 0 Å². The van der Waals surface area contributed by atoms with E-state index in [-0.39, 0.29) is 6.10 Å². The lowest BCUT2D eigenvalue weighted by Gasteiger charge is -2.36. The number of aryl methyl sites for hydroxylation is 1. The van der Waals surface area contributed by atoms with Gasteiger partial charge in [-0.25, -0.2) is 0 Å². The molecule has 1 aliphatic rings. The van der Waals surface area contributed by atoms with Crippen molar-refractivity contribution in [3.8, 4) is 0 Å². The Labute approximate surface area is 139 Å². The highest BCUT2D eigenvalue weighted by Gasteiger charge is 2.29. The second-order valence-corrected chi connectivity index (χ2v) is 6.95. The second kappa shape index (κ2) is 7.06. The van der Waals surface area contributed by atoms with Crippen molar-refractivity contribution in [2.24, 2.45) is 5.92 Å². The van der Waals surface area contributed by atoms with Gasteiger partial charge in [-0.1, -0.05) is 25.1 Å². The van der Waals surface area contributed by atoms with Crippen LogP contribution in [-0.4, -0.2) is 40.3 Å². The first-order valence-electron chi connectivity index (χ1n) is 9.12. The van der Waals surface area contributed by atoms with Crippen molar-refractivity contribution in [2.45, 2.75) is 52.7 Å². The molecule has 0 aliphatic carbocycles. The fraction of sp³-hybridized carbons (Fsp3) is 0.600. The summed E-state index contributed by atoms with van der Waals surface area (Å²) >= 11 is 0. The van der Waals surface area contributed by atoms with Crippen molar-refractivity contribution in [3.63, 3.8) is 0 Å². The number of aliphatic hydroxyl groups is 1. The van der Waals surface area contributed by atoms with Gasteiger partial charge in [-0.05, 0) is 51.3 Å². The smallest absolute Gasteiger partial charge is 0.0596 e. The number of aromatic nitrogens is 1. The molecule has 0 radical (unpaired) electrons. The van der Waals surface area contributed by atoms with Gasteiger partial charge in [-0.2, -0.15) is 0 Å². The Kier molecular flexibility index (Phi) is 5.08. The molecule has 0 bridgehead atoms. The van der Waals surface area contributed by atoms with Gasteiger partial charge in [0, 0.05) is 42.1 Å².